The smallest absolute Gasteiger partial charge is 0.238 e. The van der Waals surface area contributed by atoms with Crippen molar-refractivity contribution in [3.8, 4) is 73.5 Å². The minimum absolute atomic E-state index is 0.524. The second kappa shape index (κ2) is 17.3. The fourth-order valence-corrected chi connectivity index (χ4v) is 11.5. The first-order valence-corrected chi connectivity index (χ1v) is 25.4. The molecule has 15 rings (SSSR count). The molecule has 0 unspecified atom stereocenters. The molecule has 0 saturated heterocycles. The summed E-state index contributed by atoms with van der Waals surface area (Å²) in [5.74, 6) is 1.69. The van der Waals surface area contributed by atoms with Crippen molar-refractivity contribution >= 4 is 65.4 Å². The first kappa shape index (κ1) is 42.5. The summed E-state index contributed by atoms with van der Waals surface area (Å²) < 4.78 is 7.24. The summed E-state index contributed by atoms with van der Waals surface area (Å²) in [5.41, 5.74) is 17.2. The number of nitrogens with zero attached hydrogens (tertiary/aromatic N) is 6. The molecule has 0 spiro atoms. The predicted molar refractivity (Wildman–Crippen MR) is 310 cm³/mol. The third kappa shape index (κ3) is 6.92. The van der Waals surface area contributed by atoms with Crippen LogP contribution < -0.4 is 0 Å². The maximum Gasteiger partial charge on any atom is 0.238 e. The van der Waals surface area contributed by atoms with Crippen LogP contribution in [0.4, 0.5) is 0 Å². The summed E-state index contributed by atoms with van der Waals surface area (Å²) in [4.78, 5) is 16.5. The molecule has 0 amide bonds. The van der Waals surface area contributed by atoms with E-state index >= 15 is 0 Å². The van der Waals surface area contributed by atoms with Crippen molar-refractivity contribution in [2.75, 3.05) is 0 Å². The Kier molecular flexibility index (Phi) is 9.78. The highest BCUT2D eigenvalue weighted by Crippen LogP contribution is 2.47. The van der Waals surface area contributed by atoms with Gasteiger partial charge in [0.1, 0.15) is 0 Å². The predicted octanol–water partition coefficient (Wildman–Crippen LogP) is 17.5. The number of para-hydroxylation sites is 4. The van der Waals surface area contributed by atoms with E-state index < -0.39 is 0 Å². The molecule has 4 aromatic heterocycles. The van der Waals surface area contributed by atoms with Crippen LogP contribution in [0.2, 0.25) is 0 Å². The maximum absolute atomic E-state index is 5.57. The Balaban J connectivity index is 1.08. The average molecular weight is 957 g/mol. The van der Waals surface area contributed by atoms with E-state index in [4.69, 9.17) is 15.0 Å². The van der Waals surface area contributed by atoms with Gasteiger partial charge in [0.2, 0.25) is 5.95 Å². The van der Waals surface area contributed by atoms with Gasteiger partial charge in [-0.25, -0.2) is 4.98 Å². The van der Waals surface area contributed by atoms with Crippen molar-refractivity contribution in [1.82, 2.24) is 28.7 Å². The monoisotopic (exact) mass is 956 g/mol. The molecule has 0 fully saturated rings. The average Bonchev–Trinajstić information content (AvgIpc) is 4.24. The molecule has 75 heavy (non-hydrogen) atoms. The molecule has 0 aliphatic rings. The summed E-state index contributed by atoms with van der Waals surface area (Å²) in [7, 11) is 0. The van der Waals surface area contributed by atoms with Crippen molar-refractivity contribution in [1.29, 1.82) is 0 Å². The molecule has 350 valence electrons. The lowest BCUT2D eigenvalue weighted by Crippen LogP contribution is -2.07. The van der Waals surface area contributed by atoms with Gasteiger partial charge in [0, 0.05) is 49.1 Å². The third-order valence-corrected chi connectivity index (χ3v) is 14.9. The first-order valence-electron chi connectivity index (χ1n) is 25.4. The molecule has 0 radical (unpaired) electrons. The highest BCUT2D eigenvalue weighted by atomic mass is 15.2. The Hall–Kier alpha value is -10.2. The van der Waals surface area contributed by atoms with E-state index in [1.807, 2.05) is 12.1 Å². The van der Waals surface area contributed by atoms with Gasteiger partial charge in [-0.2, -0.15) is 9.97 Å². The number of benzene rings is 11. The largest absolute Gasteiger partial charge is 0.309 e. The summed E-state index contributed by atoms with van der Waals surface area (Å²) in [6.07, 6.45) is 0. The van der Waals surface area contributed by atoms with E-state index in [0.29, 0.717) is 17.6 Å². The second-order valence-corrected chi connectivity index (χ2v) is 19.2. The molecular weight excluding hydrogens is 913 g/mol. The fourth-order valence-electron chi connectivity index (χ4n) is 11.5. The first-order chi connectivity index (χ1) is 37.2. The molecule has 15 aromatic rings. The summed E-state index contributed by atoms with van der Waals surface area (Å²) in [6.45, 7) is 0. The van der Waals surface area contributed by atoms with Crippen molar-refractivity contribution < 1.29 is 0 Å². The topological polar surface area (TPSA) is 53.5 Å². The number of aromatic nitrogens is 6. The quantitative estimate of drug-likeness (QED) is 0.152. The highest BCUT2D eigenvalue weighted by molar-refractivity contribution is 6.27. The zero-order chi connectivity index (χ0) is 49.4. The zero-order valence-corrected chi connectivity index (χ0v) is 40.6. The van der Waals surface area contributed by atoms with E-state index in [0.717, 1.165) is 111 Å². The van der Waals surface area contributed by atoms with Crippen LogP contribution in [0.15, 0.2) is 267 Å². The van der Waals surface area contributed by atoms with Gasteiger partial charge in [-0.1, -0.05) is 224 Å². The van der Waals surface area contributed by atoms with Gasteiger partial charge in [0.15, 0.2) is 11.6 Å². The molecule has 6 heteroatoms. The van der Waals surface area contributed by atoms with E-state index in [-0.39, 0.29) is 0 Å². The highest BCUT2D eigenvalue weighted by Gasteiger charge is 2.28. The maximum atomic E-state index is 5.57. The summed E-state index contributed by atoms with van der Waals surface area (Å²) in [5, 5.41) is 6.85. The van der Waals surface area contributed by atoms with E-state index in [2.05, 4.69) is 268 Å². The number of rotatable bonds is 8. The molecule has 0 aliphatic heterocycles. The van der Waals surface area contributed by atoms with Crippen LogP contribution in [0.5, 0.6) is 0 Å². The van der Waals surface area contributed by atoms with E-state index in [1.54, 1.807) is 0 Å². The molecular formula is C69H44N6. The zero-order valence-electron chi connectivity index (χ0n) is 40.6. The van der Waals surface area contributed by atoms with Crippen LogP contribution in [-0.4, -0.2) is 28.7 Å². The van der Waals surface area contributed by atoms with Crippen LogP contribution in [0.1, 0.15) is 0 Å². The normalized spacial score (nSPS) is 11.7. The van der Waals surface area contributed by atoms with Crippen molar-refractivity contribution in [2.24, 2.45) is 0 Å². The molecule has 0 saturated carbocycles. The molecule has 0 N–H and O–H groups in total. The Bertz CT molecular complexity index is 4510. The Morgan fingerprint density at radius 2 is 0.627 bits per heavy atom. The van der Waals surface area contributed by atoms with Gasteiger partial charge in [-0.15, -0.1) is 0 Å². The van der Waals surface area contributed by atoms with Crippen LogP contribution >= 0.6 is 0 Å². The molecule has 6 nitrogen and oxygen atoms in total. The summed E-state index contributed by atoms with van der Waals surface area (Å²) >= 11 is 0. The van der Waals surface area contributed by atoms with E-state index in [9.17, 15) is 0 Å². The van der Waals surface area contributed by atoms with Crippen molar-refractivity contribution in [3.05, 3.63) is 267 Å². The SMILES string of the molecule is c1ccc(-c2ccc(-c3nc(-c4ccc(-c5ccccc5)cc4)nc(-n4c5ccccc5c5c(-n6c7ccccc7c7ccccc76)cc6c7ccccc7n(-c7cccc(-c8ccccc8)c7)c6c54)n3)cc2)cc1. The Morgan fingerprint density at radius 1 is 0.240 bits per heavy atom. The Morgan fingerprint density at radius 3 is 1.15 bits per heavy atom. The van der Waals surface area contributed by atoms with Crippen LogP contribution in [-0.2, 0) is 0 Å². The number of hydrogen-bond acceptors (Lipinski definition) is 3. The number of hydrogen-bond donors (Lipinski definition) is 0. The van der Waals surface area contributed by atoms with Crippen LogP contribution in [0.25, 0.3) is 139 Å². The minimum Gasteiger partial charge on any atom is -0.309 e. The van der Waals surface area contributed by atoms with Gasteiger partial charge in [0.05, 0.1) is 38.8 Å². The Labute approximate surface area is 432 Å². The lowest BCUT2D eigenvalue weighted by Gasteiger charge is -2.16. The second-order valence-electron chi connectivity index (χ2n) is 19.2. The van der Waals surface area contributed by atoms with Crippen LogP contribution in [0.3, 0.4) is 0 Å². The number of fused-ring (bicyclic) bond motifs is 10. The lowest BCUT2D eigenvalue weighted by molar-refractivity contribution is 0.953. The fraction of sp³-hybridized carbons (Fsp3) is 0. The standard InChI is InChI=1S/C69H44N6/c1-4-19-45(20-5-1)48-35-39-50(40-36-48)67-70-68(51-41-37-49(38-42-51)46-21-6-2-7-22-46)72-69(71-67)75-62-34-17-13-30-57(62)64-63(74-60-32-15-10-27-54(60)55-28-11-16-33-61(55)74)44-58-56-29-12-14-31-59(56)73(65(58)66(64)75)53-26-18-25-52(43-53)47-23-8-3-9-24-47/h1-44H. The third-order valence-electron chi connectivity index (χ3n) is 14.9. The van der Waals surface area contributed by atoms with Gasteiger partial charge < -0.3 is 9.13 Å². The minimum atomic E-state index is 0.524. The molecule has 11 aromatic carbocycles. The van der Waals surface area contributed by atoms with Crippen LogP contribution in [0, 0.1) is 0 Å². The molecule has 0 aliphatic carbocycles. The molecule has 0 bridgehead atoms. The van der Waals surface area contributed by atoms with E-state index in [1.165, 1.54) is 10.8 Å². The molecule has 4 heterocycles. The lowest BCUT2D eigenvalue weighted by atomic mass is 10.0. The van der Waals surface area contributed by atoms with Gasteiger partial charge >= 0.3 is 0 Å². The summed E-state index contributed by atoms with van der Waals surface area (Å²) in [6, 6.07) is 95.2. The van der Waals surface area contributed by atoms with Gasteiger partial charge in [0.25, 0.3) is 0 Å². The van der Waals surface area contributed by atoms with Crippen molar-refractivity contribution in [3.63, 3.8) is 0 Å². The van der Waals surface area contributed by atoms with Gasteiger partial charge in [-0.05, 0) is 75.8 Å². The van der Waals surface area contributed by atoms with Crippen molar-refractivity contribution in [2.45, 2.75) is 0 Å². The molecule has 0 atom stereocenters. The van der Waals surface area contributed by atoms with Gasteiger partial charge in [-0.3, -0.25) is 4.57 Å².